The lowest BCUT2D eigenvalue weighted by molar-refractivity contribution is -0.121. The predicted octanol–water partition coefficient (Wildman–Crippen LogP) is 5.54. The van der Waals surface area contributed by atoms with E-state index >= 15 is 0 Å². The Morgan fingerprint density at radius 1 is 1.07 bits per heavy atom. The molecule has 0 fully saturated rings. The van der Waals surface area contributed by atoms with Crippen LogP contribution < -0.4 is 5.32 Å². The van der Waals surface area contributed by atoms with Gasteiger partial charge in [-0.15, -0.1) is 0 Å². The Kier molecular flexibility index (Phi) is 6.63. The van der Waals surface area contributed by atoms with Gasteiger partial charge in [0.15, 0.2) is 5.76 Å². The molecule has 2 atom stereocenters. The first-order chi connectivity index (χ1) is 14.3. The molecule has 0 aliphatic carbocycles. The van der Waals surface area contributed by atoms with Crippen molar-refractivity contribution in [3.63, 3.8) is 0 Å². The lowest BCUT2D eigenvalue weighted by Crippen LogP contribution is -2.51. The molecule has 1 aromatic heterocycles. The molecule has 0 aliphatic heterocycles. The van der Waals surface area contributed by atoms with Crippen LogP contribution in [0.15, 0.2) is 70.3 Å². The van der Waals surface area contributed by atoms with Crippen molar-refractivity contribution in [2.75, 3.05) is 0 Å². The summed E-state index contributed by atoms with van der Waals surface area (Å²) in [7, 11) is 0. The summed E-state index contributed by atoms with van der Waals surface area (Å²) in [6.07, 6.45) is 0. The van der Waals surface area contributed by atoms with Gasteiger partial charge in [0.05, 0.1) is 11.3 Å². The third-order valence-corrected chi connectivity index (χ3v) is 6.05. The molecule has 0 spiro atoms. The van der Waals surface area contributed by atoms with Crippen molar-refractivity contribution in [3.8, 4) is 28.7 Å². The van der Waals surface area contributed by atoms with E-state index in [1.165, 1.54) is 11.8 Å². The molecule has 6 heteroatoms. The molecule has 3 aromatic rings. The molecule has 154 valence electrons. The van der Waals surface area contributed by atoms with Crippen LogP contribution >= 0.6 is 11.8 Å². The van der Waals surface area contributed by atoms with Crippen LogP contribution in [0.25, 0.3) is 22.6 Å². The number of thioether (sulfide) groups is 1. The molecule has 5 nitrogen and oxygen atoms in total. The molecule has 0 aliphatic rings. The maximum Gasteiger partial charge on any atom is 0.257 e. The lowest BCUT2D eigenvalue weighted by atomic mass is 9.90. The Labute approximate surface area is 181 Å². The van der Waals surface area contributed by atoms with Gasteiger partial charge in [-0.2, -0.15) is 5.26 Å². The highest BCUT2D eigenvalue weighted by molar-refractivity contribution is 8.00. The minimum absolute atomic E-state index is 0.0141. The number of carbonyl (C=O) groups is 1. The van der Waals surface area contributed by atoms with Crippen LogP contribution in [0.1, 0.15) is 27.7 Å². The van der Waals surface area contributed by atoms with Crippen LogP contribution in [0.5, 0.6) is 0 Å². The maximum atomic E-state index is 12.7. The van der Waals surface area contributed by atoms with E-state index in [1.54, 1.807) is 13.8 Å². The number of nitrogens with one attached hydrogen (secondary N) is 1. The van der Waals surface area contributed by atoms with Crippen molar-refractivity contribution >= 4 is 17.7 Å². The van der Waals surface area contributed by atoms with Crippen molar-refractivity contribution in [2.45, 2.75) is 43.7 Å². The number of hydrogen-bond donors (Lipinski definition) is 1. The summed E-state index contributed by atoms with van der Waals surface area (Å²) in [5.74, 6) is 0.430. The van der Waals surface area contributed by atoms with Gasteiger partial charge in [-0.05, 0) is 19.8 Å². The molecule has 30 heavy (non-hydrogen) atoms. The maximum absolute atomic E-state index is 12.7. The molecule has 0 unspecified atom stereocenters. The Morgan fingerprint density at radius 2 is 1.63 bits per heavy atom. The highest BCUT2D eigenvalue weighted by Gasteiger charge is 2.32. The van der Waals surface area contributed by atoms with Crippen LogP contribution in [-0.4, -0.2) is 21.7 Å². The van der Waals surface area contributed by atoms with E-state index in [1.807, 2.05) is 74.5 Å². The van der Waals surface area contributed by atoms with Gasteiger partial charge in [0.2, 0.25) is 5.91 Å². The summed E-state index contributed by atoms with van der Waals surface area (Å²) in [5, 5.41) is 12.3. The molecule has 2 aromatic carbocycles. The minimum atomic E-state index is -0.924. The third kappa shape index (κ3) is 4.74. The van der Waals surface area contributed by atoms with Crippen LogP contribution in [0.2, 0.25) is 0 Å². The number of rotatable bonds is 7. The summed E-state index contributed by atoms with van der Waals surface area (Å²) >= 11 is 1.24. The zero-order chi connectivity index (χ0) is 21.7. The first kappa shape index (κ1) is 21.7. The second-order valence-electron chi connectivity index (χ2n) is 7.61. The molecule has 0 saturated carbocycles. The van der Waals surface area contributed by atoms with Crippen molar-refractivity contribution in [1.29, 1.82) is 5.26 Å². The highest BCUT2D eigenvalue weighted by Crippen LogP contribution is 2.36. The largest absolute Gasteiger partial charge is 0.431 e. The fourth-order valence-corrected chi connectivity index (χ4v) is 3.54. The van der Waals surface area contributed by atoms with Gasteiger partial charge in [-0.1, -0.05) is 86.3 Å². The van der Waals surface area contributed by atoms with Crippen LogP contribution in [-0.2, 0) is 4.79 Å². The summed E-state index contributed by atoms with van der Waals surface area (Å²) < 4.78 is 6.09. The van der Waals surface area contributed by atoms with Crippen LogP contribution in [0.4, 0.5) is 0 Å². The van der Waals surface area contributed by atoms with Gasteiger partial charge in [0.25, 0.3) is 5.22 Å². The van der Waals surface area contributed by atoms with E-state index in [2.05, 4.69) is 16.4 Å². The number of nitriles is 1. The van der Waals surface area contributed by atoms with E-state index in [0.717, 1.165) is 16.8 Å². The molecular weight excluding hydrogens is 394 g/mol. The normalized spacial score (nSPS) is 14.0. The summed E-state index contributed by atoms with van der Waals surface area (Å²) in [6.45, 7) is 7.34. The molecule has 1 heterocycles. The van der Waals surface area contributed by atoms with Gasteiger partial charge in [-0.3, -0.25) is 4.79 Å². The highest BCUT2D eigenvalue weighted by atomic mass is 32.2. The molecule has 0 saturated heterocycles. The van der Waals surface area contributed by atoms with Crippen molar-refractivity contribution in [3.05, 3.63) is 60.7 Å². The second kappa shape index (κ2) is 9.19. The number of nitrogens with zero attached hydrogens (tertiary/aromatic N) is 2. The molecule has 1 N–H and O–H groups in total. The average Bonchev–Trinajstić information content (AvgIpc) is 3.18. The zero-order valence-corrected chi connectivity index (χ0v) is 18.4. The SMILES string of the molecule is CC(C)[C@@](C)(C#N)NC(=O)[C@@H](C)Sc1nc(-c2ccccc2)c(-c2ccccc2)o1. The Balaban J connectivity index is 1.87. The standard InChI is InChI=1S/C24H25N3O2S/c1-16(2)24(4,15-25)27-22(28)17(3)30-23-26-20(18-11-7-5-8-12-18)21(29-23)19-13-9-6-10-14-19/h5-14,16-17H,1-4H3,(H,27,28)/t17-,24-/m1/s1. The summed E-state index contributed by atoms with van der Waals surface area (Å²) in [4.78, 5) is 17.4. The van der Waals surface area contributed by atoms with Gasteiger partial charge >= 0.3 is 0 Å². The quantitative estimate of drug-likeness (QED) is 0.508. The van der Waals surface area contributed by atoms with Crippen molar-refractivity contribution in [2.24, 2.45) is 5.92 Å². The van der Waals surface area contributed by atoms with Gasteiger partial charge < -0.3 is 9.73 Å². The minimum Gasteiger partial charge on any atom is -0.431 e. The molecule has 1 amide bonds. The summed E-state index contributed by atoms with van der Waals surface area (Å²) in [5.41, 5.74) is 1.68. The van der Waals surface area contributed by atoms with E-state index in [0.29, 0.717) is 11.0 Å². The smallest absolute Gasteiger partial charge is 0.257 e. The fraction of sp³-hybridized carbons (Fsp3) is 0.292. The monoisotopic (exact) mass is 419 g/mol. The first-order valence-electron chi connectivity index (χ1n) is 9.85. The number of aromatic nitrogens is 1. The van der Waals surface area contributed by atoms with E-state index < -0.39 is 10.8 Å². The van der Waals surface area contributed by atoms with E-state index in [9.17, 15) is 10.1 Å². The Bertz CT molecular complexity index is 984. The number of carbonyl (C=O) groups excluding carboxylic acids is 1. The lowest BCUT2D eigenvalue weighted by Gasteiger charge is -2.28. The number of benzene rings is 2. The Hall–Kier alpha value is -3.04. The fourth-order valence-electron chi connectivity index (χ4n) is 2.79. The van der Waals surface area contributed by atoms with Gasteiger partial charge in [-0.25, -0.2) is 4.98 Å². The van der Waals surface area contributed by atoms with Crippen molar-refractivity contribution in [1.82, 2.24) is 10.3 Å². The van der Waals surface area contributed by atoms with E-state index in [4.69, 9.17) is 4.42 Å². The van der Waals surface area contributed by atoms with Gasteiger partial charge in [0, 0.05) is 11.1 Å². The first-order valence-corrected chi connectivity index (χ1v) is 10.7. The number of hydrogen-bond acceptors (Lipinski definition) is 5. The number of amides is 1. The zero-order valence-electron chi connectivity index (χ0n) is 17.5. The van der Waals surface area contributed by atoms with E-state index in [-0.39, 0.29) is 11.8 Å². The summed E-state index contributed by atoms with van der Waals surface area (Å²) in [6, 6.07) is 21.8. The number of oxazole rings is 1. The molecule has 0 bridgehead atoms. The van der Waals surface area contributed by atoms with Crippen molar-refractivity contribution < 1.29 is 9.21 Å². The average molecular weight is 420 g/mol. The van der Waals surface area contributed by atoms with Crippen LogP contribution in [0.3, 0.4) is 0 Å². The predicted molar refractivity (Wildman–Crippen MR) is 120 cm³/mol. The molecule has 0 radical (unpaired) electrons. The molecule has 3 rings (SSSR count). The molecular formula is C24H25N3O2S. The topological polar surface area (TPSA) is 78.9 Å². The third-order valence-electron chi connectivity index (χ3n) is 5.11. The Morgan fingerprint density at radius 3 is 2.17 bits per heavy atom. The van der Waals surface area contributed by atoms with Gasteiger partial charge in [0.1, 0.15) is 11.2 Å². The second-order valence-corrected chi connectivity index (χ2v) is 8.90. The van der Waals surface area contributed by atoms with Crippen LogP contribution in [0, 0.1) is 17.2 Å².